The van der Waals surface area contributed by atoms with Gasteiger partial charge in [-0.1, -0.05) is 6.92 Å². The molecule has 0 atom stereocenters. The number of sulfonamides is 1. The number of aromatic amines is 1. The van der Waals surface area contributed by atoms with Crippen molar-refractivity contribution in [1.82, 2.24) is 14.5 Å². The van der Waals surface area contributed by atoms with Gasteiger partial charge in [-0.05, 0) is 6.92 Å². The van der Waals surface area contributed by atoms with Gasteiger partial charge in [0.15, 0.2) is 5.03 Å². The fraction of sp³-hybridized carbons (Fsp3) is 0.700. The minimum absolute atomic E-state index is 0.0725. The molecule has 7 nitrogen and oxygen atoms in total. The van der Waals surface area contributed by atoms with Crippen LogP contribution < -0.4 is 5.73 Å². The van der Waals surface area contributed by atoms with Crippen LogP contribution in [0.15, 0.2) is 11.2 Å². The molecule has 18 heavy (non-hydrogen) atoms. The number of nitrogens with two attached hydrogens (primary N) is 1. The summed E-state index contributed by atoms with van der Waals surface area (Å²) in [5, 5.41) is 6.30. The Morgan fingerprint density at radius 1 is 1.50 bits per heavy atom. The Kier molecular flexibility index (Phi) is 5.73. The van der Waals surface area contributed by atoms with Gasteiger partial charge in [0.2, 0.25) is 0 Å². The van der Waals surface area contributed by atoms with Crippen LogP contribution in [-0.4, -0.2) is 49.2 Å². The van der Waals surface area contributed by atoms with Crippen LogP contribution in [0, 0.1) is 0 Å². The molecule has 0 aliphatic carbocycles. The van der Waals surface area contributed by atoms with Crippen LogP contribution in [0.1, 0.15) is 19.4 Å². The molecular formula is C10H20N4O3S. The average Bonchev–Trinajstić information content (AvgIpc) is 2.83. The standard InChI is InChI=1S/C10H20N4O3S/c1-3-14(5-6-17-4-2)18(15,16)10-9(7-11)8-12-13-10/h8H,3-7,11H2,1-2H3,(H,12,13). The molecular weight excluding hydrogens is 256 g/mol. The maximum atomic E-state index is 12.3. The van der Waals surface area contributed by atoms with Gasteiger partial charge in [0.25, 0.3) is 10.0 Å². The van der Waals surface area contributed by atoms with Crippen molar-refractivity contribution in [2.75, 3.05) is 26.3 Å². The second kappa shape index (κ2) is 6.83. The zero-order valence-corrected chi connectivity index (χ0v) is 11.5. The summed E-state index contributed by atoms with van der Waals surface area (Å²) >= 11 is 0. The van der Waals surface area contributed by atoms with E-state index in [0.717, 1.165) is 0 Å². The Bertz CT molecular complexity index is 457. The zero-order valence-electron chi connectivity index (χ0n) is 10.7. The maximum Gasteiger partial charge on any atom is 0.260 e. The van der Waals surface area contributed by atoms with E-state index in [-0.39, 0.29) is 11.6 Å². The molecule has 1 aromatic rings. The molecule has 0 aliphatic heterocycles. The highest BCUT2D eigenvalue weighted by Crippen LogP contribution is 2.16. The summed E-state index contributed by atoms with van der Waals surface area (Å²) in [6, 6.07) is 0. The SMILES string of the molecule is CCOCCN(CC)S(=O)(=O)c1[nH]ncc1CN. The molecule has 0 unspecified atom stereocenters. The second-order valence-corrected chi connectivity index (χ2v) is 5.50. The third-order valence-electron chi connectivity index (χ3n) is 2.54. The van der Waals surface area contributed by atoms with Gasteiger partial charge in [0, 0.05) is 31.8 Å². The van der Waals surface area contributed by atoms with Crippen molar-refractivity contribution >= 4 is 10.0 Å². The fourth-order valence-corrected chi connectivity index (χ4v) is 3.10. The van der Waals surface area contributed by atoms with Crippen LogP contribution in [0.5, 0.6) is 0 Å². The van der Waals surface area contributed by atoms with Crippen LogP contribution in [0.4, 0.5) is 0 Å². The molecule has 0 radical (unpaired) electrons. The monoisotopic (exact) mass is 276 g/mol. The van der Waals surface area contributed by atoms with Gasteiger partial charge in [-0.15, -0.1) is 0 Å². The molecule has 1 rings (SSSR count). The van der Waals surface area contributed by atoms with Gasteiger partial charge in [0.1, 0.15) is 0 Å². The van der Waals surface area contributed by atoms with E-state index in [2.05, 4.69) is 10.2 Å². The predicted molar refractivity (Wildman–Crippen MR) is 67.4 cm³/mol. The number of rotatable bonds is 8. The lowest BCUT2D eigenvalue weighted by atomic mass is 10.4. The Labute approximate surface area is 107 Å². The lowest BCUT2D eigenvalue weighted by molar-refractivity contribution is 0.135. The summed E-state index contributed by atoms with van der Waals surface area (Å²) in [6.45, 7) is 5.40. The van der Waals surface area contributed by atoms with Crippen molar-refractivity contribution in [2.24, 2.45) is 5.73 Å². The van der Waals surface area contributed by atoms with Crippen molar-refractivity contribution in [3.05, 3.63) is 11.8 Å². The summed E-state index contributed by atoms with van der Waals surface area (Å²) in [5.41, 5.74) is 5.98. The number of likely N-dealkylation sites (N-methyl/N-ethyl adjacent to an activating group) is 1. The number of nitrogens with one attached hydrogen (secondary N) is 1. The Morgan fingerprint density at radius 2 is 2.22 bits per heavy atom. The normalized spacial score (nSPS) is 12.2. The molecule has 0 saturated carbocycles. The molecule has 1 heterocycles. The van der Waals surface area contributed by atoms with Crippen molar-refractivity contribution in [3.63, 3.8) is 0 Å². The van der Waals surface area contributed by atoms with E-state index in [9.17, 15) is 8.42 Å². The van der Waals surface area contributed by atoms with Crippen molar-refractivity contribution < 1.29 is 13.2 Å². The minimum atomic E-state index is -3.58. The van der Waals surface area contributed by atoms with Crippen molar-refractivity contribution in [1.29, 1.82) is 0 Å². The molecule has 8 heteroatoms. The Balaban J connectivity index is 2.89. The number of nitrogens with zero attached hydrogens (tertiary/aromatic N) is 2. The molecule has 0 spiro atoms. The topological polar surface area (TPSA) is 101 Å². The molecule has 0 saturated heterocycles. The van der Waals surface area contributed by atoms with Gasteiger partial charge in [-0.25, -0.2) is 8.42 Å². The van der Waals surface area contributed by atoms with E-state index in [4.69, 9.17) is 10.5 Å². The van der Waals surface area contributed by atoms with Gasteiger partial charge >= 0.3 is 0 Å². The summed E-state index contributed by atoms with van der Waals surface area (Å²) in [4.78, 5) is 0. The number of hydrogen-bond donors (Lipinski definition) is 2. The van der Waals surface area contributed by atoms with Gasteiger partial charge in [-0.2, -0.15) is 9.40 Å². The summed E-state index contributed by atoms with van der Waals surface area (Å²) < 4.78 is 31.2. The lowest BCUT2D eigenvalue weighted by Gasteiger charge is -2.19. The number of ether oxygens (including phenoxy) is 1. The quantitative estimate of drug-likeness (QED) is 0.646. The van der Waals surface area contributed by atoms with E-state index in [1.807, 2.05) is 6.92 Å². The molecule has 0 amide bonds. The molecule has 0 aliphatic rings. The van der Waals surface area contributed by atoms with Crippen molar-refractivity contribution in [2.45, 2.75) is 25.4 Å². The van der Waals surface area contributed by atoms with E-state index >= 15 is 0 Å². The molecule has 0 bridgehead atoms. The van der Waals surface area contributed by atoms with E-state index in [0.29, 0.717) is 31.9 Å². The maximum absolute atomic E-state index is 12.3. The third-order valence-corrected chi connectivity index (χ3v) is 4.53. The molecule has 0 fully saturated rings. The number of aromatic nitrogens is 2. The first kappa shape index (κ1) is 15.1. The Hall–Kier alpha value is -0.960. The van der Waals surface area contributed by atoms with E-state index in [1.165, 1.54) is 10.5 Å². The third kappa shape index (κ3) is 3.29. The van der Waals surface area contributed by atoms with Crippen LogP contribution >= 0.6 is 0 Å². The summed E-state index contributed by atoms with van der Waals surface area (Å²) in [7, 11) is -3.58. The van der Waals surface area contributed by atoms with Gasteiger partial charge in [-0.3, -0.25) is 5.10 Å². The largest absolute Gasteiger partial charge is 0.380 e. The van der Waals surface area contributed by atoms with Crippen molar-refractivity contribution in [3.8, 4) is 0 Å². The van der Waals surface area contributed by atoms with Crippen LogP contribution in [-0.2, 0) is 21.3 Å². The van der Waals surface area contributed by atoms with E-state index in [1.54, 1.807) is 6.92 Å². The Morgan fingerprint density at radius 3 is 2.78 bits per heavy atom. The fourth-order valence-electron chi connectivity index (χ4n) is 1.56. The molecule has 104 valence electrons. The van der Waals surface area contributed by atoms with Crippen LogP contribution in [0.2, 0.25) is 0 Å². The number of hydrogen-bond acceptors (Lipinski definition) is 5. The zero-order chi connectivity index (χ0) is 13.6. The van der Waals surface area contributed by atoms with Crippen LogP contribution in [0.3, 0.4) is 0 Å². The smallest absolute Gasteiger partial charge is 0.260 e. The minimum Gasteiger partial charge on any atom is -0.380 e. The molecule has 3 N–H and O–H groups in total. The molecule has 1 aromatic heterocycles. The number of H-pyrrole nitrogens is 1. The lowest BCUT2D eigenvalue weighted by Crippen LogP contribution is -2.34. The van der Waals surface area contributed by atoms with Crippen LogP contribution in [0.25, 0.3) is 0 Å². The summed E-state index contributed by atoms with van der Waals surface area (Å²) in [5.74, 6) is 0. The van der Waals surface area contributed by atoms with Gasteiger partial charge in [0.05, 0.1) is 12.8 Å². The average molecular weight is 276 g/mol. The highest BCUT2D eigenvalue weighted by atomic mass is 32.2. The predicted octanol–water partition coefficient (Wildman–Crippen LogP) is -0.0845. The van der Waals surface area contributed by atoms with E-state index < -0.39 is 10.0 Å². The highest BCUT2D eigenvalue weighted by molar-refractivity contribution is 7.89. The van der Waals surface area contributed by atoms with Gasteiger partial charge < -0.3 is 10.5 Å². The second-order valence-electron chi connectivity index (χ2n) is 3.62. The molecule has 0 aromatic carbocycles. The first-order chi connectivity index (χ1) is 8.57. The summed E-state index contributed by atoms with van der Waals surface area (Å²) in [6.07, 6.45) is 1.43. The first-order valence-corrected chi connectivity index (χ1v) is 7.32. The highest BCUT2D eigenvalue weighted by Gasteiger charge is 2.26. The first-order valence-electron chi connectivity index (χ1n) is 5.88.